The lowest BCUT2D eigenvalue weighted by molar-refractivity contribution is -0.137. The third kappa shape index (κ3) is 5.82. The number of nitrogens with two attached hydrogens (primary N) is 2. The standard InChI is InChI=1S/C22H21FN4O4S/c23-16-9-7-14(8-10-16)20(13-21(28)29)15-3-1-5-18(11-15)27-32(30,31)19-6-2-4-17(12-19)26-22(24)25/h1-12,20,27H,13H2,(H,28,29)(H4,24,25,26). The third-order valence-electron chi connectivity index (χ3n) is 4.58. The highest BCUT2D eigenvalue weighted by molar-refractivity contribution is 7.92. The lowest BCUT2D eigenvalue weighted by Crippen LogP contribution is -2.22. The SMILES string of the molecule is NC(N)=Nc1cccc(S(=O)(=O)Nc2cccc(C(CC(=O)O)c3ccc(F)cc3)c2)c1. The summed E-state index contributed by atoms with van der Waals surface area (Å²) in [5.41, 5.74) is 12.4. The second kappa shape index (κ2) is 9.48. The normalized spacial score (nSPS) is 12.0. The number of anilines is 1. The van der Waals surface area contributed by atoms with Crippen LogP contribution in [0.4, 0.5) is 15.8 Å². The second-order valence-corrected chi connectivity index (χ2v) is 8.65. The van der Waals surface area contributed by atoms with E-state index >= 15 is 0 Å². The van der Waals surface area contributed by atoms with Crippen molar-refractivity contribution in [3.8, 4) is 0 Å². The highest BCUT2D eigenvalue weighted by Crippen LogP contribution is 2.31. The van der Waals surface area contributed by atoms with Gasteiger partial charge in [0.15, 0.2) is 5.96 Å². The van der Waals surface area contributed by atoms with E-state index < -0.39 is 27.7 Å². The van der Waals surface area contributed by atoms with E-state index in [1.807, 2.05) is 0 Å². The molecule has 0 bridgehead atoms. The predicted octanol–water partition coefficient (Wildman–Crippen LogP) is 3.14. The molecule has 3 rings (SSSR count). The smallest absolute Gasteiger partial charge is 0.304 e. The molecule has 0 amide bonds. The summed E-state index contributed by atoms with van der Waals surface area (Å²) in [7, 11) is -3.97. The maximum atomic E-state index is 13.3. The van der Waals surface area contributed by atoms with Gasteiger partial charge in [-0.2, -0.15) is 0 Å². The summed E-state index contributed by atoms with van der Waals surface area (Å²) in [5, 5.41) is 9.34. The molecule has 0 aliphatic heterocycles. The van der Waals surface area contributed by atoms with Gasteiger partial charge in [-0.25, -0.2) is 17.8 Å². The number of nitrogens with zero attached hydrogens (tertiary/aromatic N) is 1. The van der Waals surface area contributed by atoms with Crippen molar-refractivity contribution in [2.75, 3.05) is 4.72 Å². The summed E-state index contributed by atoms with van der Waals surface area (Å²) in [5.74, 6) is -2.28. The molecule has 8 nitrogen and oxygen atoms in total. The molecule has 0 aliphatic rings. The molecule has 0 saturated carbocycles. The third-order valence-corrected chi connectivity index (χ3v) is 5.96. The van der Waals surface area contributed by atoms with E-state index in [9.17, 15) is 22.7 Å². The molecule has 0 saturated heterocycles. The zero-order valence-electron chi connectivity index (χ0n) is 16.8. The molecule has 3 aromatic rings. The maximum absolute atomic E-state index is 13.3. The van der Waals surface area contributed by atoms with Crippen molar-refractivity contribution in [1.29, 1.82) is 0 Å². The molecule has 0 aliphatic carbocycles. The summed E-state index contributed by atoms with van der Waals surface area (Å²) in [6.07, 6.45) is -0.248. The van der Waals surface area contributed by atoms with E-state index in [0.717, 1.165) is 0 Å². The number of hydrogen-bond acceptors (Lipinski definition) is 4. The fourth-order valence-corrected chi connectivity index (χ4v) is 4.29. The summed E-state index contributed by atoms with van der Waals surface area (Å²) < 4.78 is 41.5. The number of hydrogen-bond donors (Lipinski definition) is 4. The molecule has 0 heterocycles. The molecule has 0 spiro atoms. The van der Waals surface area contributed by atoms with E-state index in [-0.39, 0.29) is 28.7 Å². The number of halogens is 1. The number of nitrogens with one attached hydrogen (secondary N) is 1. The Morgan fingerprint density at radius 3 is 2.34 bits per heavy atom. The summed E-state index contributed by atoms with van der Waals surface area (Å²) in [6, 6.07) is 17.7. The Bertz CT molecular complexity index is 1260. The van der Waals surface area contributed by atoms with Crippen LogP contribution in [0.15, 0.2) is 82.7 Å². The Morgan fingerprint density at radius 1 is 1.00 bits per heavy atom. The van der Waals surface area contributed by atoms with Crippen molar-refractivity contribution in [3.63, 3.8) is 0 Å². The van der Waals surface area contributed by atoms with Crippen molar-refractivity contribution in [2.24, 2.45) is 16.5 Å². The minimum Gasteiger partial charge on any atom is -0.481 e. The van der Waals surface area contributed by atoms with Crippen molar-refractivity contribution in [3.05, 3.63) is 89.7 Å². The lowest BCUT2D eigenvalue weighted by atomic mass is 9.88. The number of aliphatic carboxylic acids is 1. The molecule has 3 aromatic carbocycles. The highest BCUT2D eigenvalue weighted by Gasteiger charge is 2.20. The first-order valence-corrected chi connectivity index (χ1v) is 10.9. The Hall–Kier alpha value is -3.92. The zero-order chi connectivity index (χ0) is 23.3. The first-order chi connectivity index (χ1) is 15.1. The van der Waals surface area contributed by atoms with Crippen LogP contribution in [0.5, 0.6) is 0 Å². The molecule has 1 unspecified atom stereocenters. The van der Waals surface area contributed by atoms with Crippen LogP contribution in [-0.2, 0) is 14.8 Å². The van der Waals surface area contributed by atoms with Gasteiger partial charge in [0.05, 0.1) is 17.0 Å². The van der Waals surface area contributed by atoms with Gasteiger partial charge in [0.25, 0.3) is 10.0 Å². The predicted molar refractivity (Wildman–Crippen MR) is 120 cm³/mol. The number of sulfonamides is 1. The topological polar surface area (TPSA) is 148 Å². The number of rotatable bonds is 8. The average Bonchev–Trinajstić information content (AvgIpc) is 2.72. The van der Waals surface area contributed by atoms with Gasteiger partial charge in [-0.3, -0.25) is 9.52 Å². The van der Waals surface area contributed by atoms with Crippen LogP contribution in [0, 0.1) is 5.82 Å². The summed E-state index contributed by atoms with van der Waals surface area (Å²) in [6.45, 7) is 0. The van der Waals surface area contributed by atoms with Crippen LogP contribution in [0.3, 0.4) is 0 Å². The van der Waals surface area contributed by atoms with E-state index in [4.69, 9.17) is 11.5 Å². The average molecular weight is 456 g/mol. The van der Waals surface area contributed by atoms with Gasteiger partial charge in [-0.1, -0.05) is 30.3 Å². The molecule has 6 N–H and O–H groups in total. The largest absolute Gasteiger partial charge is 0.481 e. The fourth-order valence-electron chi connectivity index (χ4n) is 3.20. The fraction of sp³-hybridized carbons (Fsp3) is 0.0909. The number of aliphatic imine (C=N–C) groups is 1. The van der Waals surface area contributed by atoms with Crippen LogP contribution >= 0.6 is 0 Å². The molecule has 10 heteroatoms. The monoisotopic (exact) mass is 456 g/mol. The van der Waals surface area contributed by atoms with E-state index in [0.29, 0.717) is 11.1 Å². The Labute approximate surface area is 184 Å². The summed E-state index contributed by atoms with van der Waals surface area (Å²) >= 11 is 0. The van der Waals surface area contributed by atoms with Crippen molar-refractivity contribution >= 4 is 33.3 Å². The quantitative estimate of drug-likeness (QED) is 0.302. The van der Waals surface area contributed by atoms with Gasteiger partial charge in [0.2, 0.25) is 0 Å². The number of benzene rings is 3. The Morgan fingerprint density at radius 2 is 1.69 bits per heavy atom. The first-order valence-electron chi connectivity index (χ1n) is 9.44. The number of guanidine groups is 1. The number of carbonyl (C=O) groups is 1. The van der Waals surface area contributed by atoms with Crippen LogP contribution < -0.4 is 16.2 Å². The van der Waals surface area contributed by atoms with Gasteiger partial charge in [-0.15, -0.1) is 0 Å². The molecule has 1 atom stereocenters. The minimum atomic E-state index is -3.97. The lowest BCUT2D eigenvalue weighted by Gasteiger charge is -2.17. The van der Waals surface area contributed by atoms with E-state index in [1.54, 1.807) is 30.3 Å². The van der Waals surface area contributed by atoms with Gasteiger partial charge >= 0.3 is 5.97 Å². The minimum absolute atomic E-state index is 0.0500. The Kier molecular flexibility index (Phi) is 6.74. The molecule has 0 radical (unpaired) electrons. The molecule has 166 valence electrons. The second-order valence-electron chi connectivity index (χ2n) is 6.97. The van der Waals surface area contributed by atoms with E-state index in [2.05, 4.69) is 9.71 Å². The van der Waals surface area contributed by atoms with Gasteiger partial charge < -0.3 is 16.6 Å². The van der Waals surface area contributed by atoms with Crippen molar-refractivity contribution in [1.82, 2.24) is 0 Å². The van der Waals surface area contributed by atoms with Gasteiger partial charge in [0.1, 0.15) is 5.82 Å². The van der Waals surface area contributed by atoms with Crippen LogP contribution in [-0.4, -0.2) is 25.5 Å². The number of carboxylic acid groups (broad SMARTS) is 1. The highest BCUT2D eigenvalue weighted by atomic mass is 32.2. The van der Waals surface area contributed by atoms with Crippen LogP contribution in [0.2, 0.25) is 0 Å². The van der Waals surface area contributed by atoms with Gasteiger partial charge in [-0.05, 0) is 53.6 Å². The molecular formula is C22H21FN4O4S. The summed E-state index contributed by atoms with van der Waals surface area (Å²) in [4.78, 5) is 15.2. The Balaban J connectivity index is 1.93. The molecule has 32 heavy (non-hydrogen) atoms. The molecule has 0 fully saturated rings. The van der Waals surface area contributed by atoms with Crippen LogP contribution in [0.25, 0.3) is 0 Å². The van der Waals surface area contributed by atoms with Crippen molar-refractivity contribution < 1.29 is 22.7 Å². The van der Waals surface area contributed by atoms with Crippen molar-refractivity contribution in [2.45, 2.75) is 17.2 Å². The maximum Gasteiger partial charge on any atom is 0.304 e. The van der Waals surface area contributed by atoms with E-state index in [1.165, 1.54) is 42.5 Å². The molecule has 0 aromatic heterocycles. The molecular weight excluding hydrogens is 435 g/mol. The van der Waals surface area contributed by atoms with Gasteiger partial charge in [0, 0.05) is 11.6 Å². The van der Waals surface area contributed by atoms with Crippen LogP contribution in [0.1, 0.15) is 23.5 Å². The number of carboxylic acids is 1. The first kappa shape index (κ1) is 22.8. The zero-order valence-corrected chi connectivity index (χ0v) is 17.6.